The fraction of sp³-hybridized carbons (Fsp3) is 0.667. The summed E-state index contributed by atoms with van der Waals surface area (Å²) in [6.45, 7) is 2.52. The molecule has 0 bridgehead atoms. The van der Waals surface area contributed by atoms with Crippen LogP contribution in [0.3, 0.4) is 0 Å². The van der Waals surface area contributed by atoms with E-state index < -0.39 is 10.1 Å². The molecule has 0 atom stereocenters. The Morgan fingerprint density at radius 2 is 1.15 bits per heavy atom. The second-order valence-corrected chi connectivity index (χ2v) is 7.39. The van der Waals surface area contributed by atoms with Gasteiger partial charge in [-0.15, -0.1) is 0 Å². The van der Waals surface area contributed by atoms with Crippen LogP contribution in [0.5, 0.6) is 0 Å². The second-order valence-electron chi connectivity index (χ2n) is 5.77. The van der Waals surface area contributed by atoms with Crippen LogP contribution in [0.25, 0.3) is 0 Å². The van der Waals surface area contributed by atoms with E-state index in [9.17, 15) is 8.42 Å². The first kappa shape index (κ1) is 35.5. The van der Waals surface area contributed by atoms with Crippen molar-refractivity contribution in [3.05, 3.63) is 30.3 Å². The van der Waals surface area contributed by atoms with Crippen molar-refractivity contribution in [2.45, 2.75) is 76.0 Å². The number of hydrogen-bond acceptors (Lipinski definition) is 3. The first-order valence-corrected chi connectivity index (χ1v) is 10.0. The molecule has 0 heterocycles. The van der Waals surface area contributed by atoms with Crippen LogP contribution in [0.15, 0.2) is 35.2 Å². The van der Waals surface area contributed by atoms with E-state index in [0.717, 1.165) is 12.8 Å². The first-order chi connectivity index (χ1) is 10.7. The Bertz CT molecular complexity index is 488. The summed E-state index contributed by atoms with van der Waals surface area (Å²) in [5.41, 5.74) is 0. The van der Waals surface area contributed by atoms with Crippen molar-refractivity contribution in [3.63, 3.8) is 0 Å². The minimum atomic E-state index is -3.57. The molecule has 0 aliphatic rings. The van der Waals surface area contributed by atoms with E-state index in [1.807, 2.05) is 0 Å². The van der Waals surface area contributed by atoms with Gasteiger partial charge in [0, 0.05) is 0 Å². The Morgan fingerprint density at radius 3 is 1.62 bits per heavy atom. The number of benzene rings is 1. The summed E-state index contributed by atoms with van der Waals surface area (Å²) < 4.78 is 28.8. The summed E-state index contributed by atoms with van der Waals surface area (Å²) in [5, 5.41) is 0. The molecule has 26 heavy (non-hydrogen) atoms. The monoisotopic (exact) mass is 530 g/mol. The molecule has 0 N–H and O–H groups in total. The molecular weight excluding hydrogens is 502 g/mol. The summed E-state index contributed by atoms with van der Waals surface area (Å²) >= 11 is 0. The van der Waals surface area contributed by atoms with Crippen LogP contribution in [-0.4, -0.2) is 15.0 Å². The fourth-order valence-corrected chi connectivity index (χ4v) is 3.38. The van der Waals surface area contributed by atoms with E-state index in [-0.39, 0.29) is 105 Å². The van der Waals surface area contributed by atoms with Crippen molar-refractivity contribution in [1.29, 1.82) is 0 Å². The van der Waals surface area contributed by atoms with Gasteiger partial charge in [0.1, 0.15) is 0 Å². The quantitative estimate of drug-likeness (QED) is 0.144. The molecule has 1 aromatic carbocycles. The maximum Gasteiger partial charge on any atom is 1.00 e. The van der Waals surface area contributed by atoms with Crippen molar-refractivity contribution >= 4 is 10.1 Å². The van der Waals surface area contributed by atoms with Gasteiger partial charge in [-0.3, -0.25) is 4.18 Å². The van der Waals surface area contributed by atoms with Gasteiger partial charge < -0.3 is 34.0 Å². The smallest absolute Gasteiger partial charge is 1.00 e. The molecule has 3 nitrogen and oxygen atoms in total. The maximum atomic E-state index is 11.9. The van der Waals surface area contributed by atoms with Crippen molar-refractivity contribution < 1.29 is 106 Å². The molecule has 0 unspecified atom stereocenters. The van der Waals surface area contributed by atoms with Crippen molar-refractivity contribution in [2.24, 2.45) is 0 Å². The van der Waals surface area contributed by atoms with Gasteiger partial charge >= 0.3 is 59.1 Å². The van der Waals surface area contributed by atoms with Crippen LogP contribution in [0, 0.1) is 0 Å². The summed E-state index contributed by atoms with van der Waals surface area (Å²) in [5.74, 6) is 0. The number of rotatable bonds is 13. The molecule has 0 spiro atoms. The van der Waals surface area contributed by atoms with Gasteiger partial charge in [0.25, 0.3) is 10.1 Å². The summed E-state index contributed by atoms with van der Waals surface area (Å²) in [4.78, 5) is 0.238. The number of unbranched alkanes of at least 4 members (excludes halogenated alkanes) is 9. The van der Waals surface area contributed by atoms with Gasteiger partial charge in [0.2, 0.25) is 0 Å². The van der Waals surface area contributed by atoms with E-state index in [1.54, 1.807) is 30.3 Å². The average molecular weight is 532 g/mol. The molecule has 0 aromatic heterocycles. The third-order valence-corrected chi connectivity index (χ3v) is 5.09. The molecule has 0 aliphatic carbocycles. The Morgan fingerprint density at radius 1 is 0.731 bits per heavy atom. The Kier molecular flexibility index (Phi) is 31.9. The van der Waals surface area contributed by atoms with Crippen molar-refractivity contribution in [3.8, 4) is 0 Å². The molecule has 142 valence electrons. The largest absolute Gasteiger partial charge is 1.00 e. The third kappa shape index (κ3) is 18.1. The number of hydrogen-bond donors (Lipinski definition) is 0. The van der Waals surface area contributed by atoms with Crippen molar-refractivity contribution in [2.75, 3.05) is 6.61 Å². The van der Waals surface area contributed by atoms with Crippen molar-refractivity contribution in [1.82, 2.24) is 0 Å². The fourth-order valence-electron chi connectivity index (χ4n) is 2.41. The van der Waals surface area contributed by atoms with Gasteiger partial charge in [-0.25, -0.2) is 0 Å². The molecule has 0 radical (unpaired) electrons. The Hall–Kier alpha value is 2.09. The molecule has 0 amide bonds. The predicted octanol–water partition coefficient (Wildman–Crippen LogP) is -6.67. The zero-order chi connectivity index (χ0) is 16.1. The molecule has 0 saturated heterocycles. The van der Waals surface area contributed by atoms with E-state index in [1.165, 1.54) is 51.4 Å². The molecule has 0 fully saturated rings. The van der Waals surface area contributed by atoms with Gasteiger partial charge in [0.15, 0.2) is 0 Å². The van der Waals surface area contributed by atoms with Crippen LogP contribution in [0.2, 0.25) is 0 Å². The van der Waals surface area contributed by atoms with Gasteiger partial charge in [-0.05, 0) is 18.6 Å². The Balaban J connectivity index is -0.000000605. The van der Waals surface area contributed by atoms with Crippen LogP contribution < -0.4 is 93.1 Å². The summed E-state index contributed by atoms with van der Waals surface area (Å²) in [6, 6.07) is 8.33. The molecular formula is C18H30Br2Na2O3S. The molecule has 0 aliphatic heterocycles. The average Bonchev–Trinajstić information content (AvgIpc) is 2.53. The second kappa shape index (κ2) is 23.4. The normalized spacial score (nSPS) is 9.88. The van der Waals surface area contributed by atoms with Gasteiger partial charge in [-0.2, -0.15) is 8.42 Å². The molecule has 8 heteroatoms. The van der Waals surface area contributed by atoms with E-state index in [2.05, 4.69) is 6.92 Å². The predicted molar refractivity (Wildman–Crippen MR) is 91.4 cm³/mol. The topological polar surface area (TPSA) is 43.4 Å². The molecule has 0 saturated carbocycles. The number of halogens is 2. The maximum absolute atomic E-state index is 11.9. The minimum Gasteiger partial charge on any atom is -1.00 e. The first-order valence-electron chi connectivity index (χ1n) is 8.61. The third-order valence-electron chi connectivity index (χ3n) is 3.77. The zero-order valence-corrected chi connectivity index (χ0v) is 24.5. The van der Waals surface area contributed by atoms with E-state index >= 15 is 0 Å². The Labute approximate surface area is 226 Å². The van der Waals surface area contributed by atoms with Crippen LogP contribution >= 0.6 is 0 Å². The summed E-state index contributed by atoms with van der Waals surface area (Å²) in [7, 11) is -3.57. The zero-order valence-electron chi connectivity index (χ0n) is 16.6. The van der Waals surface area contributed by atoms with Crippen LogP contribution in [-0.2, 0) is 14.3 Å². The van der Waals surface area contributed by atoms with E-state index in [0.29, 0.717) is 0 Å². The summed E-state index contributed by atoms with van der Waals surface area (Å²) in [6.07, 6.45) is 12.3. The minimum absolute atomic E-state index is 0. The standard InChI is InChI=1S/C18H30O3S.2BrH.2Na/c1-2-3-4-5-6-7-8-9-10-14-17-21-22(19,20)18-15-12-11-13-16-18;;;;/h11-13,15-16H,2-10,14,17H2,1H3;2*1H;;/q;;;2*+1/p-2. The van der Waals surface area contributed by atoms with Crippen LogP contribution in [0.1, 0.15) is 71.1 Å². The SMILES string of the molecule is CCCCCCCCCCCCOS(=O)(=O)c1ccccc1.[Br-].[Br-].[Na+].[Na+]. The van der Waals surface area contributed by atoms with Crippen LogP contribution in [0.4, 0.5) is 0 Å². The van der Waals surface area contributed by atoms with Gasteiger partial charge in [-0.1, -0.05) is 82.9 Å². The molecule has 1 aromatic rings. The van der Waals surface area contributed by atoms with Gasteiger partial charge in [0.05, 0.1) is 11.5 Å². The van der Waals surface area contributed by atoms with E-state index in [4.69, 9.17) is 4.18 Å². The molecule has 1 rings (SSSR count).